The Balaban J connectivity index is 2.99. The molecule has 5 nitrogen and oxygen atoms in total. The first-order chi connectivity index (χ1) is 5.77. The summed E-state index contributed by atoms with van der Waals surface area (Å²) >= 11 is 0. The van der Waals surface area contributed by atoms with Crippen molar-refractivity contribution < 1.29 is 4.42 Å². The largest absolute Gasteiger partial charge is 0.407 e. The molecule has 0 radical (unpaired) electrons. The van der Waals surface area contributed by atoms with Gasteiger partial charge in [0.25, 0.3) is 0 Å². The van der Waals surface area contributed by atoms with Crippen LogP contribution in [0.2, 0.25) is 0 Å². The molecular weight excluding hydrogens is 158 g/mol. The van der Waals surface area contributed by atoms with Crippen molar-refractivity contribution in [2.45, 2.75) is 6.92 Å². The second-order valence-corrected chi connectivity index (χ2v) is 2.25. The summed E-state index contributed by atoms with van der Waals surface area (Å²) in [5.74, 6) is 0.299. The normalized spacial score (nSPS) is 10.4. The summed E-state index contributed by atoms with van der Waals surface area (Å²) in [4.78, 5) is 22.6. The van der Waals surface area contributed by atoms with Gasteiger partial charge in [-0.3, -0.25) is 0 Å². The van der Waals surface area contributed by atoms with Gasteiger partial charge < -0.3 is 4.42 Å². The van der Waals surface area contributed by atoms with Crippen molar-refractivity contribution in [2.24, 2.45) is 0 Å². The molecule has 2 heterocycles. The van der Waals surface area contributed by atoms with Gasteiger partial charge in [0.2, 0.25) is 0 Å². The molecule has 0 atom stereocenters. The van der Waals surface area contributed by atoms with Crippen molar-refractivity contribution in [2.75, 3.05) is 0 Å². The van der Waals surface area contributed by atoms with Gasteiger partial charge >= 0.3 is 5.63 Å². The molecule has 60 valence electrons. The lowest BCUT2D eigenvalue weighted by Crippen LogP contribution is -2.05. The van der Waals surface area contributed by atoms with Crippen molar-refractivity contribution in [3.8, 4) is 0 Å². The summed E-state index contributed by atoms with van der Waals surface area (Å²) in [6.07, 6.45) is 2.91. The van der Waals surface area contributed by atoms with Crippen LogP contribution in [0.25, 0.3) is 11.2 Å². The lowest BCUT2D eigenvalue weighted by atomic mass is 10.5. The van der Waals surface area contributed by atoms with Crippen LogP contribution in [0.15, 0.2) is 21.6 Å². The third kappa shape index (κ3) is 0.952. The van der Waals surface area contributed by atoms with Gasteiger partial charge in [0, 0.05) is 19.3 Å². The van der Waals surface area contributed by atoms with Gasteiger partial charge in [-0.1, -0.05) is 0 Å². The predicted octanol–water partition coefficient (Wildman–Crippen LogP) is 0.286. The summed E-state index contributed by atoms with van der Waals surface area (Å²) in [6, 6.07) is 0. The van der Waals surface area contributed by atoms with E-state index in [1.54, 1.807) is 6.92 Å². The van der Waals surface area contributed by atoms with Crippen molar-refractivity contribution >= 4 is 11.2 Å². The van der Waals surface area contributed by atoms with Gasteiger partial charge in [0.1, 0.15) is 0 Å². The zero-order valence-corrected chi connectivity index (χ0v) is 6.31. The van der Waals surface area contributed by atoms with Gasteiger partial charge in [-0.15, -0.1) is 0 Å². The van der Waals surface area contributed by atoms with E-state index in [4.69, 9.17) is 4.42 Å². The highest BCUT2D eigenvalue weighted by Gasteiger charge is 2.03. The fourth-order valence-electron chi connectivity index (χ4n) is 0.911. The second-order valence-electron chi connectivity index (χ2n) is 2.25. The Morgan fingerprint density at radius 2 is 2.08 bits per heavy atom. The molecule has 0 unspecified atom stereocenters. The van der Waals surface area contributed by atoms with Crippen LogP contribution in [0, 0.1) is 6.92 Å². The number of hydrogen-bond donors (Lipinski definition) is 0. The average molecular weight is 163 g/mol. The molecule has 0 aliphatic heterocycles. The first-order valence-electron chi connectivity index (χ1n) is 3.36. The van der Waals surface area contributed by atoms with Crippen LogP contribution in [-0.2, 0) is 0 Å². The SMILES string of the molecule is Cc1nc2nccnc2c(=O)o1. The Kier molecular flexibility index (Phi) is 1.36. The summed E-state index contributed by atoms with van der Waals surface area (Å²) in [7, 11) is 0. The molecule has 0 saturated carbocycles. The summed E-state index contributed by atoms with van der Waals surface area (Å²) in [5.41, 5.74) is -0.0000463. The smallest absolute Gasteiger partial charge is 0.367 e. The molecule has 0 fully saturated rings. The first-order valence-corrected chi connectivity index (χ1v) is 3.36. The molecule has 2 aromatic heterocycles. The van der Waals surface area contributed by atoms with Crippen molar-refractivity contribution in [1.29, 1.82) is 0 Å². The number of fused-ring (bicyclic) bond motifs is 1. The number of nitrogens with zero attached hydrogens (tertiary/aromatic N) is 3. The Hall–Kier alpha value is -1.78. The van der Waals surface area contributed by atoms with Crippen LogP contribution in [0.4, 0.5) is 0 Å². The third-order valence-electron chi connectivity index (χ3n) is 1.38. The summed E-state index contributed by atoms with van der Waals surface area (Å²) in [5, 5.41) is 0. The number of aryl methyl sites for hydroxylation is 1. The van der Waals surface area contributed by atoms with E-state index in [9.17, 15) is 4.79 Å². The highest BCUT2D eigenvalue weighted by molar-refractivity contribution is 5.66. The molecule has 0 N–H and O–H groups in total. The summed E-state index contributed by atoms with van der Waals surface area (Å²) in [6.45, 7) is 1.59. The van der Waals surface area contributed by atoms with E-state index in [1.807, 2.05) is 0 Å². The van der Waals surface area contributed by atoms with Crippen molar-refractivity contribution in [3.05, 3.63) is 28.7 Å². The lowest BCUT2D eigenvalue weighted by molar-refractivity contribution is 0.465. The van der Waals surface area contributed by atoms with Crippen LogP contribution < -0.4 is 5.63 Å². The molecule has 2 rings (SSSR count). The van der Waals surface area contributed by atoms with Crippen LogP contribution in [-0.4, -0.2) is 15.0 Å². The zero-order chi connectivity index (χ0) is 8.55. The van der Waals surface area contributed by atoms with Crippen LogP contribution in [0.3, 0.4) is 0 Å². The van der Waals surface area contributed by atoms with E-state index in [1.165, 1.54) is 12.4 Å². The molecular formula is C7H5N3O2. The summed E-state index contributed by atoms with van der Waals surface area (Å²) < 4.78 is 4.72. The van der Waals surface area contributed by atoms with Gasteiger partial charge in [0.05, 0.1) is 0 Å². The third-order valence-corrected chi connectivity index (χ3v) is 1.38. The van der Waals surface area contributed by atoms with Crippen LogP contribution >= 0.6 is 0 Å². The fraction of sp³-hybridized carbons (Fsp3) is 0.143. The Labute approximate surface area is 67.1 Å². The van der Waals surface area contributed by atoms with E-state index >= 15 is 0 Å². The van der Waals surface area contributed by atoms with Gasteiger partial charge in [0.15, 0.2) is 17.1 Å². The maximum Gasteiger partial charge on any atom is 0.367 e. The van der Waals surface area contributed by atoms with Gasteiger partial charge in [-0.2, -0.15) is 4.98 Å². The fourth-order valence-corrected chi connectivity index (χ4v) is 0.911. The quantitative estimate of drug-likeness (QED) is 0.558. The van der Waals surface area contributed by atoms with E-state index in [2.05, 4.69) is 15.0 Å². The molecule has 5 heteroatoms. The maximum atomic E-state index is 11.1. The number of hydrogen-bond acceptors (Lipinski definition) is 5. The minimum Gasteiger partial charge on any atom is -0.407 e. The predicted molar refractivity (Wildman–Crippen MR) is 40.6 cm³/mol. The molecule has 0 saturated heterocycles. The topological polar surface area (TPSA) is 68.9 Å². The highest BCUT2D eigenvalue weighted by Crippen LogP contribution is 1.98. The van der Waals surface area contributed by atoms with Crippen LogP contribution in [0.5, 0.6) is 0 Å². The molecule has 0 spiro atoms. The first kappa shape index (κ1) is 6.90. The van der Waals surface area contributed by atoms with E-state index in [0.717, 1.165) is 0 Å². The molecule has 0 aromatic carbocycles. The molecule has 2 aromatic rings. The zero-order valence-electron chi connectivity index (χ0n) is 6.31. The molecule has 0 bridgehead atoms. The van der Waals surface area contributed by atoms with Gasteiger partial charge in [-0.25, -0.2) is 14.8 Å². The van der Waals surface area contributed by atoms with Gasteiger partial charge in [-0.05, 0) is 0 Å². The molecule has 0 amide bonds. The minimum absolute atomic E-state index is 0.170. The van der Waals surface area contributed by atoms with Crippen molar-refractivity contribution in [3.63, 3.8) is 0 Å². The number of aromatic nitrogens is 3. The minimum atomic E-state index is -0.495. The Morgan fingerprint density at radius 3 is 2.92 bits per heavy atom. The second kappa shape index (κ2) is 2.37. The molecule has 0 aliphatic rings. The highest BCUT2D eigenvalue weighted by atomic mass is 16.4. The monoisotopic (exact) mass is 163 g/mol. The maximum absolute atomic E-state index is 11.1. The van der Waals surface area contributed by atoms with E-state index in [-0.39, 0.29) is 5.52 Å². The van der Waals surface area contributed by atoms with Crippen LogP contribution in [0.1, 0.15) is 5.89 Å². The molecule has 0 aliphatic carbocycles. The Morgan fingerprint density at radius 1 is 1.33 bits per heavy atom. The Bertz CT molecular complexity index is 477. The number of rotatable bonds is 0. The van der Waals surface area contributed by atoms with E-state index < -0.39 is 5.63 Å². The van der Waals surface area contributed by atoms with Crippen molar-refractivity contribution in [1.82, 2.24) is 15.0 Å². The average Bonchev–Trinajstić information content (AvgIpc) is 2.04. The molecule has 12 heavy (non-hydrogen) atoms. The lowest BCUT2D eigenvalue weighted by Gasteiger charge is -1.92. The standard InChI is InChI=1S/C7H5N3O2/c1-4-10-6-5(7(11)12-4)8-2-3-9-6/h2-3H,1H3. The van der Waals surface area contributed by atoms with E-state index in [0.29, 0.717) is 11.5 Å².